The van der Waals surface area contributed by atoms with Gasteiger partial charge in [-0.25, -0.2) is 9.97 Å². The maximum absolute atomic E-state index is 12.7. The third kappa shape index (κ3) is 2.34. The Kier molecular flexibility index (Phi) is 3.46. The molecule has 0 unspecified atom stereocenters. The van der Waals surface area contributed by atoms with Crippen molar-refractivity contribution in [3.8, 4) is 0 Å². The second kappa shape index (κ2) is 5.25. The summed E-state index contributed by atoms with van der Waals surface area (Å²) in [6.45, 7) is 2.58. The van der Waals surface area contributed by atoms with Crippen molar-refractivity contribution < 1.29 is 4.79 Å². The predicted octanol–water partition coefficient (Wildman–Crippen LogP) is 1.22. The van der Waals surface area contributed by atoms with Crippen LogP contribution in [0.5, 0.6) is 0 Å². The molecule has 1 N–H and O–H groups in total. The summed E-state index contributed by atoms with van der Waals surface area (Å²) in [7, 11) is 0. The zero-order valence-corrected chi connectivity index (χ0v) is 11.1. The van der Waals surface area contributed by atoms with Crippen molar-refractivity contribution in [1.29, 1.82) is 0 Å². The Balaban J connectivity index is 1.86. The van der Waals surface area contributed by atoms with Gasteiger partial charge in [-0.15, -0.1) is 0 Å². The first-order valence-corrected chi connectivity index (χ1v) is 7.10. The summed E-state index contributed by atoms with van der Waals surface area (Å²) in [6.07, 6.45) is 10.7. The number of aromatic nitrogens is 2. The average Bonchev–Trinajstić information content (AvgIpc) is 2.49. The average molecular weight is 260 g/mol. The van der Waals surface area contributed by atoms with Crippen molar-refractivity contribution in [2.75, 3.05) is 19.6 Å². The van der Waals surface area contributed by atoms with E-state index in [9.17, 15) is 4.79 Å². The van der Waals surface area contributed by atoms with Gasteiger partial charge in [0.2, 0.25) is 0 Å². The highest BCUT2D eigenvalue weighted by atomic mass is 16.2. The Bertz CT molecular complexity index is 434. The van der Waals surface area contributed by atoms with Crippen LogP contribution in [0.4, 0.5) is 0 Å². The molecule has 5 nitrogen and oxygen atoms in total. The minimum atomic E-state index is 0.0173. The summed E-state index contributed by atoms with van der Waals surface area (Å²) in [4.78, 5) is 22.7. The van der Waals surface area contributed by atoms with Crippen molar-refractivity contribution >= 4 is 5.91 Å². The Morgan fingerprint density at radius 1 is 1.21 bits per heavy atom. The molecule has 1 aromatic heterocycles. The molecule has 19 heavy (non-hydrogen) atoms. The lowest BCUT2D eigenvalue weighted by molar-refractivity contribution is 0.0222. The predicted molar refractivity (Wildman–Crippen MR) is 71.8 cm³/mol. The zero-order valence-electron chi connectivity index (χ0n) is 11.1. The summed E-state index contributed by atoms with van der Waals surface area (Å²) in [5, 5.41) is 3.46. The first kappa shape index (κ1) is 12.5. The van der Waals surface area contributed by atoms with E-state index in [-0.39, 0.29) is 11.4 Å². The fraction of sp³-hybridized carbons (Fsp3) is 0.643. The van der Waals surface area contributed by atoms with E-state index < -0.39 is 0 Å². The molecule has 2 heterocycles. The molecule has 0 atom stereocenters. The number of carbonyl (C=O) groups is 1. The topological polar surface area (TPSA) is 58.1 Å². The van der Waals surface area contributed by atoms with Gasteiger partial charge in [0, 0.05) is 32.0 Å². The second-order valence-corrected chi connectivity index (χ2v) is 5.55. The van der Waals surface area contributed by atoms with Gasteiger partial charge in [-0.2, -0.15) is 0 Å². The minimum Gasteiger partial charge on any atom is -0.330 e. The van der Waals surface area contributed by atoms with Gasteiger partial charge in [-0.1, -0.05) is 19.3 Å². The maximum Gasteiger partial charge on any atom is 0.257 e. The van der Waals surface area contributed by atoms with Gasteiger partial charge in [-0.3, -0.25) is 4.79 Å². The van der Waals surface area contributed by atoms with Crippen LogP contribution >= 0.6 is 0 Å². The van der Waals surface area contributed by atoms with Gasteiger partial charge in [0.15, 0.2) is 0 Å². The number of piperazine rings is 1. The molecule has 3 rings (SSSR count). The van der Waals surface area contributed by atoms with Crippen LogP contribution in [-0.2, 0) is 0 Å². The van der Waals surface area contributed by atoms with E-state index in [2.05, 4.69) is 20.2 Å². The van der Waals surface area contributed by atoms with Gasteiger partial charge in [0.1, 0.15) is 6.33 Å². The normalized spacial score (nSPS) is 22.4. The van der Waals surface area contributed by atoms with E-state index in [4.69, 9.17) is 0 Å². The van der Waals surface area contributed by atoms with Crippen LogP contribution in [0.2, 0.25) is 0 Å². The van der Waals surface area contributed by atoms with E-state index in [1.165, 1.54) is 25.6 Å². The monoisotopic (exact) mass is 260 g/mol. The summed E-state index contributed by atoms with van der Waals surface area (Å²) in [5.74, 6) is 0.0870. The lowest BCUT2D eigenvalue weighted by Gasteiger charge is -2.49. The highest BCUT2D eigenvalue weighted by Gasteiger charge is 2.42. The van der Waals surface area contributed by atoms with E-state index in [0.29, 0.717) is 5.56 Å². The van der Waals surface area contributed by atoms with Crippen molar-refractivity contribution in [2.45, 2.75) is 37.6 Å². The molecule has 1 spiro atoms. The van der Waals surface area contributed by atoms with Crippen molar-refractivity contribution in [2.24, 2.45) is 0 Å². The Labute approximate surface area is 113 Å². The molecular weight excluding hydrogens is 240 g/mol. The second-order valence-electron chi connectivity index (χ2n) is 5.55. The molecule has 0 bridgehead atoms. The standard InChI is InChI=1S/C14H20N4O/c19-13(12-8-16-11-17-9-12)18-7-6-15-10-14(18)4-2-1-3-5-14/h8-9,11,15H,1-7,10H2. The molecule has 1 aliphatic heterocycles. The van der Waals surface area contributed by atoms with E-state index in [1.807, 2.05) is 0 Å². The highest BCUT2D eigenvalue weighted by molar-refractivity contribution is 5.94. The molecule has 0 aromatic carbocycles. The summed E-state index contributed by atoms with van der Waals surface area (Å²) in [6, 6.07) is 0. The zero-order chi connectivity index (χ0) is 13.1. The van der Waals surface area contributed by atoms with E-state index in [0.717, 1.165) is 32.5 Å². The highest BCUT2D eigenvalue weighted by Crippen LogP contribution is 2.35. The van der Waals surface area contributed by atoms with Gasteiger partial charge >= 0.3 is 0 Å². The molecule has 2 aliphatic rings. The van der Waals surface area contributed by atoms with Crippen LogP contribution < -0.4 is 5.32 Å². The molecular formula is C14H20N4O. The molecule has 2 fully saturated rings. The van der Waals surface area contributed by atoms with Crippen LogP contribution in [0.15, 0.2) is 18.7 Å². The first-order valence-electron chi connectivity index (χ1n) is 7.10. The molecule has 1 amide bonds. The lowest BCUT2D eigenvalue weighted by Crippen LogP contribution is -2.63. The minimum absolute atomic E-state index is 0.0173. The lowest BCUT2D eigenvalue weighted by atomic mass is 9.79. The molecule has 1 aliphatic carbocycles. The smallest absolute Gasteiger partial charge is 0.257 e. The third-order valence-electron chi connectivity index (χ3n) is 4.38. The van der Waals surface area contributed by atoms with Crippen LogP contribution in [0.25, 0.3) is 0 Å². The number of rotatable bonds is 1. The van der Waals surface area contributed by atoms with Crippen LogP contribution in [-0.4, -0.2) is 45.9 Å². The molecule has 1 aromatic rings. The molecule has 0 radical (unpaired) electrons. The SMILES string of the molecule is O=C(c1cncnc1)N1CCNCC12CCCCC2. The number of carbonyl (C=O) groups excluding carboxylic acids is 1. The fourth-order valence-electron chi connectivity index (χ4n) is 3.38. The maximum atomic E-state index is 12.7. The third-order valence-corrected chi connectivity index (χ3v) is 4.38. The van der Waals surface area contributed by atoms with Crippen LogP contribution in [0, 0.1) is 0 Å². The summed E-state index contributed by atoms with van der Waals surface area (Å²) >= 11 is 0. The molecule has 1 saturated carbocycles. The molecule has 1 saturated heterocycles. The van der Waals surface area contributed by atoms with Gasteiger partial charge < -0.3 is 10.2 Å². The summed E-state index contributed by atoms with van der Waals surface area (Å²) in [5.41, 5.74) is 0.623. The fourth-order valence-corrected chi connectivity index (χ4v) is 3.38. The first-order chi connectivity index (χ1) is 9.32. The largest absolute Gasteiger partial charge is 0.330 e. The van der Waals surface area contributed by atoms with Crippen molar-refractivity contribution in [3.63, 3.8) is 0 Å². The number of amides is 1. The van der Waals surface area contributed by atoms with Crippen LogP contribution in [0.1, 0.15) is 42.5 Å². The quantitative estimate of drug-likeness (QED) is 0.825. The van der Waals surface area contributed by atoms with Crippen molar-refractivity contribution in [3.05, 3.63) is 24.3 Å². The van der Waals surface area contributed by atoms with E-state index in [1.54, 1.807) is 12.4 Å². The Hall–Kier alpha value is -1.49. The number of hydrogen-bond donors (Lipinski definition) is 1. The van der Waals surface area contributed by atoms with Gasteiger partial charge in [0.05, 0.1) is 11.1 Å². The van der Waals surface area contributed by atoms with Crippen LogP contribution in [0.3, 0.4) is 0 Å². The van der Waals surface area contributed by atoms with Gasteiger partial charge in [0.25, 0.3) is 5.91 Å². The number of nitrogens with one attached hydrogen (secondary N) is 1. The Morgan fingerprint density at radius 3 is 2.68 bits per heavy atom. The molecule has 5 heteroatoms. The number of hydrogen-bond acceptors (Lipinski definition) is 4. The number of nitrogens with zero attached hydrogens (tertiary/aromatic N) is 3. The molecule has 102 valence electrons. The summed E-state index contributed by atoms with van der Waals surface area (Å²) < 4.78 is 0. The van der Waals surface area contributed by atoms with E-state index >= 15 is 0 Å². The van der Waals surface area contributed by atoms with Gasteiger partial charge in [-0.05, 0) is 12.8 Å². The Morgan fingerprint density at radius 2 is 1.95 bits per heavy atom. The van der Waals surface area contributed by atoms with Crippen molar-refractivity contribution in [1.82, 2.24) is 20.2 Å².